The van der Waals surface area contributed by atoms with E-state index in [-0.39, 0.29) is 17.9 Å². The van der Waals surface area contributed by atoms with E-state index in [1.54, 1.807) is 7.11 Å². The average molecular weight is 397 g/mol. The second-order valence-corrected chi connectivity index (χ2v) is 7.81. The minimum Gasteiger partial charge on any atom is -0.496 e. The van der Waals surface area contributed by atoms with Crippen molar-refractivity contribution in [1.82, 2.24) is 0 Å². The van der Waals surface area contributed by atoms with Crippen LogP contribution in [0.5, 0.6) is 5.75 Å². The number of carbonyl (C=O) groups excluding carboxylic acids is 1. The van der Waals surface area contributed by atoms with Crippen LogP contribution in [0.1, 0.15) is 49.3 Å². The number of carbonyl (C=O) groups is 1. The Bertz CT molecular complexity index is 925. The number of benzene rings is 2. The van der Waals surface area contributed by atoms with Crippen LogP contribution in [0.3, 0.4) is 0 Å². The lowest BCUT2D eigenvalue weighted by atomic mass is 9.76. The van der Waals surface area contributed by atoms with Crippen LogP contribution in [0.25, 0.3) is 0 Å². The average Bonchev–Trinajstić information content (AvgIpc) is 3.19. The maximum absolute atomic E-state index is 12.2. The summed E-state index contributed by atoms with van der Waals surface area (Å²) in [5, 5.41) is 7.43. The Kier molecular flexibility index (Phi) is 5.31. The molecule has 0 spiro atoms. The molecule has 1 amide bonds. The van der Waals surface area contributed by atoms with Gasteiger partial charge in [0.1, 0.15) is 5.75 Å². The van der Waals surface area contributed by atoms with Crippen LogP contribution < -0.4 is 15.4 Å². The molecule has 4 nitrogen and oxygen atoms in total. The summed E-state index contributed by atoms with van der Waals surface area (Å²) in [6.45, 7) is 2.01. The summed E-state index contributed by atoms with van der Waals surface area (Å²) in [5.74, 6) is 1.45. The van der Waals surface area contributed by atoms with Gasteiger partial charge in [0.25, 0.3) is 0 Å². The number of halogens is 1. The van der Waals surface area contributed by atoms with Crippen molar-refractivity contribution < 1.29 is 9.53 Å². The first-order chi connectivity index (χ1) is 13.6. The number of hydrogen-bond acceptors (Lipinski definition) is 3. The number of amides is 1. The normalized spacial score (nSPS) is 22.2. The van der Waals surface area contributed by atoms with Gasteiger partial charge in [-0.15, -0.1) is 0 Å². The maximum atomic E-state index is 12.2. The van der Waals surface area contributed by atoms with E-state index < -0.39 is 0 Å². The number of fused-ring (bicyclic) bond motifs is 3. The number of allylic oxidation sites excluding steroid dienone is 2. The summed E-state index contributed by atoms with van der Waals surface area (Å²) in [6.07, 6.45) is 6.78. The van der Waals surface area contributed by atoms with Crippen molar-refractivity contribution in [2.24, 2.45) is 5.92 Å². The van der Waals surface area contributed by atoms with E-state index in [9.17, 15) is 4.79 Å². The van der Waals surface area contributed by atoms with Crippen LogP contribution in [0.15, 0.2) is 48.6 Å². The molecule has 1 heterocycles. The topological polar surface area (TPSA) is 50.4 Å². The third kappa shape index (κ3) is 3.26. The molecule has 2 aliphatic rings. The Morgan fingerprint density at radius 2 is 2.11 bits per heavy atom. The standard InChI is InChI=1S/C23H25ClN2O2/c1-3-7-20(27)25-18-13-12-17(24)23-21(18)14-9-6-10-15(14)22(26-23)16-8-4-5-11-19(16)28-2/h4-6,8-9,11-15,22,26H,3,7,10H2,1-2H3,(H,25,27). The molecule has 146 valence electrons. The first-order valence-corrected chi connectivity index (χ1v) is 10.2. The summed E-state index contributed by atoms with van der Waals surface area (Å²) in [4.78, 5) is 12.2. The number of rotatable bonds is 5. The van der Waals surface area contributed by atoms with E-state index in [1.165, 1.54) is 0 Å². The third-order valence-corrected chi connectivity index (χ3v) is 6.01. The first kappa shape index (κ1) is 18.9. The highest BCUT2D eigenvalue weighted by atomic mass is 35.5. The largest absolute Gasteiger partial charge is 0.496 e. The third-order valence-electron chi connectivity index (χ3n) is 5.69. The van der Waals surface area contributed by atoms with Crippen LogP contribution in [-0.2, 0) is 4.79 Å². The molecule has 0 fully saturated rings. The van der Waals surface area contributed by atoms with Gasteiger partial charge in [0.05, 0.1) is 23.9 Å². The molecule has 0 saturated carbocycles. The molecular weight excluding hydrogens is 372 g/mol. The van der Waals surface area contributed by atoms with Crippen molar-refractivity contribution in [2.45, 2.75) is 38.1 Å². The van der Waals surface area contributed by atoms with Gasteiger partial charge in [0.15, 0.2) is 0 Å². The SMILES string of the molecule is CCCC(=O)Nc1ccc(Cl)c2c1C1C=CCC1C(c1ccccc1OC)N2. The lowest BCUT2D eigenvalue weighted by molar-refractivity contribution is -0.116. The quantitative estimate of drug-likeness (QED) is 0.617. The number of nitrogens with one attached hydrogen (secondary N) is 2. The number of para-hydroxylation sites is 1. The van der Waals surface area contributed by atoms with Crippen molar-refractivity contribution in [3.05, 3.63) is 64.7 Å². The molecule has 2 aromatic carbocycles. The first-order valence-electron chi connectivity index (χ1n) is 9.82. The van der Waals surface area contributed by atoms with Crippen LogP contribution in [-0.4, -0.2) is 13.0 Å². The molecule has 0 aromatic heterocycles. The van der Waals surface area contributed by atoms with Crippen LogP contribution in [0.4, 0.5) is 11.4 Å². The summed E-state index contributed by atoms with van der Waals surface area (Å²) >= 11 is 6.60. The molecule has 2 aromatic rings. The molecule has 4 rings (SSSR count). The number of anilines is 2. The minimum atomic E-state index is 0.0393. The van der Waals surface area contributed by atoms with Crippen LogP contribution >= 0.6 is 11.6 Å². The second kappa shape index (κ2) is 7.88. The number of hydrogen-bond donors (Lipinski definition) is 2. The Labute approximate surface area is 170 Å². The van der Waals surface area contributed by atoms with Gasteiger partial charge in [-0.05, 0) is 37.0 Å². The van der Waals surface area contributed by atoms with E-state index in [4.69, 9.17) is 16.3 Å². The predicted octanol–water partition coefficient (Wildman–Crippen LogP) is 5.91. The van der Waals surface area contributed by atoms with Gasteiger partial charge in [0.2, 0.25) is 5.91 Å². The molecule has 1 aliphatic carbocycles. The van der Waals surface area contributed by atoms with E-state index in [0.29, 0.717) is 17.4 Å². The minimum absolute atomic E-state index is 0.0393. The molecule has 3 atom stereocenters. The molecule has 1 aliphatic heterocycles. The summed E-state index contributed by atoms with van der Waals surface area (Å²) < 4.78 is 5.62. The van der Waals surface area contributed by atoms with E-state index in [1.807, 2.05) is 37.3 Å². The van der Waals surface area contributed by atoms with Gasteiger partial charge >= 0.3 is 0 Å². The molecule has 2 N–H and O–H groups in total. The summed E-state index contributed by atoms with van der Waals surface area (Å²) in [5.41, 5.74) is 3.97. The van der Waals surface area contributed by atoms with Crippen molar-refractivity contribution in [2.75, 3.05) is 17.7 Å². The monoisotopic (exact) mass is 396 g/mol. The zero-order valence-corrected chi connectivity index (χ0v) is 16.9. The molecule has 5 heteroatoms. The van der Waals surface area contributed by atoms with Crippen molar-refractivity contribution in [1.29, 1.82) is 0 Å². The van der Waals surface area contributed by atoms with Gasteiger partial charge < -0.3 is 15.4 Å². The Hall–Kier alpha value is -2.46. The molecular formula is C23H25ClN2O2. The number of methoxy groups -OCH3 is 1. The molecule has 0 radical (unpaired) electrons. The smallest absolute Gasteiger partial charge is 0.224 e. The lowest BCUT2D eigenvalue weighted by Gasteiger charge is -2.39. The van der Waals surface area contributed by atoms with E-state index in [2.05, 4.69) is 28.9 Å². The second-order valence-electron chi connectivity index (χ2n) is 7.40. The highest BCUT2D eigenvalue weighted by Gasteiger charge is 2.41. The summed E-state index contributed by atoms with van der Waals surface area (Å²) in [7, 11) is 1.70. The van der Waals surface area contributed by atoms with E-state index in [0.717, 1.165) is 41.1 Å². The van der Waals surface area contributed by atoms with E-state index >= 15 is 0 Å². The van der Waals surface area contributed by atoms with Gasteiger partial charge in [-0.25, -0.2) is 0 Å². The highest BCUT2D eigenvalue weighted by Crippen LogP contribution is 2.54. The lowest BCUT2D eigenvalue weighted by Crippen LogP contribution is -2.30. The van der Waals surface area contributed by atoms with Crippen molar-refractivity contribution >= 4 is 28.9 Å². The fourth-order valence-corrected chi connectivity index (χ4v) is 4.67. The van der Waals surface area contributed by atoms with Crippen molar-refractivity contribution in [3.63, 3.8) is 0 Å². The Balaban J connectivity index is 1.78. The molecule has 0 bridgehead atoms. The maximum Gasteiger partial charge on any atom is 0.224 e. The fraction of sp³-hybridized carbons (Fsp3) is 0.348. The Morgan fingerprint density at radius 3 is 2.89 bits per heavy atom. The molecule has 3 unspecified atom stereocenters. The fourth-order valence-electron chi connectivity index (χ4n) is 4.45. The van der Waals surface area contributed by atoms with Gasteiger partial charge in [-0.2, -0.15) is 0 Å². The van der Waals surface area contributed by atoms with Gasteiger partial charge in [0, 0.05) is 29.2 Å². The zero-order valence-electron chi connectivity index (χ0n) is 16.2. The zero-order chi connectivity index (χ0) is 19.7. The van der Waals surface area contributed by atoms with Gasteiger partial charge in [-0.3, -0.25) is 4.79 Å². The highest BCUT2D eigenvalue weighted by molar-refractivity contribution is 6.33. The summed E-state index contributed by atoms with van der Waals surface area (Å²) in [6, 6.07) is 12.0. The number of ether oxygens (including phenoxy) is 1. The van der Waals surface area contributed by atoms with Crippen molar-refractivity contribution in [3.8, 4) is 5.75 Å². The van der Waals surface area contributed by atoms with Crippen LogP contribution in [0, 0.1) is 5.92 Å². The predicted molar refractivity (Wildman–Crippen MR) is 114 cm³/mol. The molecule has 28 heavy (non-hydrogen) atoms. The molecule has 0 saturated heterocycles. The van der Waals surface area contributed by atoms with Crippen LogP contribution in [0.2, 0.25) is 5.02 Å². The Morgan fingerprint density at radius 1 is 1.29 bits per heavy atom. The van der Waals surface area contributed by atoms with Gasteiger partial charge in [-0.1, -0.05) is 48.9 Å².